The third-order valence-electron chi connectivity index (χ3n) is 7.88. The molecule has 0 saturated heterocycles. The molecule has 5 heteroatoms. The van der Waals surface area contributed by atoms with Crippen LogP contribution in [0.3, 0.4) is 0 Å². The maximum absolute atomic E-state index is 8.77. The molecule has 3 nitrogen and oxygen atoms in total. The Bertz CT molecular complexity index is 2500. The molecular formula is C43H42IrN2OSi-2. The molecule has 0 N–H and O–H groups in total. The van der Waals surface area contributed by atoms with Gasteiger partial charge in [0.25, 0.3) is 0 Å². The summed E-state index contributed by atoms with van der Waals surface area (Å²) < 4.78 is 77.9. The van der Waals surface area contributed by atoms with E-state index in [-0.39, 0.29) is 36.8 Å². The summed E-state index contributed by atoms with van der Waals surface area (Å²) in [7, 11) is -1.61. The predicted molar refractivity (Wildman–Crippen MR) is 200 cm³/mol. The molecule has 0 saturated carbocycles. The van der Waals surface area contributed by atoms with Crippen molar-refractivity contribution in [3.8, 4) is 22.5 Å². The van der Waals surface area contributed by atoms with E-state index >= 15 is 0 Å². The Morgan fingerprint density at radius 2 is 1.52 bits per heavy atom. The standard InChI is InChI=1S/C25H18NO.C18H24NSi.Ir/c1-17-16-26-23(15-20(17)13-18-7-3-2-4-8-18)19-11-12-25-22(14-19)21-9-5-6-10-24(21)27-25;1-13(2)16-11-17(15-9-7-14(3)8-10-15)19-12-18(16)20(4,5)6;/h2-10,12,14-16H,13H2,1H3;7-9,11-13H,1-6H3;/q2*-1;/i1D3,13D2;3D3,13D;. The zero-order chi connectivity index (χ0) is 40.8. The van der Waals surface area contributed by atoms with Crippen LogP contribution < -0.4 is 5.19 Å². The molecule has 0 aliphatic heterocycles. The molecule has 0 aliphatic carbocycles. The average molecular weight is 832 g/mol. The summed E-state index contributed by atoms with van der Waals surface area (Å²) in [4.78, 5) is 8.93. The summed E-state index contributed by atoms with van der Waals surface area (Å²) >= 11 is 0. The van der Waals surface area contributed by atoms with Crippen LogP contribution >= 0.6 is 0 Å². The Kier molecular flexibility index (Phi) is 7.76. The fourth-order valence-electron chi connectivity index (χ4n) is 5.40. The number of aromatic nitrogens is 2. The van der Waals surface area contributed by atoms with E-state index in [0.29, 0.717) is 22.4 Å². The number of pyridine rings is 2. The van der Waals surface area contributed by atoms with Crippen LogP contribution in [0.4, 0.5) is 0 Å². The summed E-state index contributed by atoms with van der Waals surface area (Å²) in [5.41, 5.74) is 5.60. The maximum Gasteiger partial charge on any atom is 0.120 e. The van der Waals surface area contributed by atoms with Gasteiger partial charge < -0.3 is 14.4 Å². The number of aryl methyl sites for hydroxylation is 2. The molecule has 0 spiro atoms. The molecule has 0 amide bonds. The van der Waals surface area contributed by atoms with Gasteiger partial charge in [0.1, 0.15) is 5.58 Å². The molecule has 48 heavy (non-hydrogen) atoms. The summed E-state index contributed by atoms with van der Waals surface area (Å²) in [6.45, 7) is 5.88. The monoisotopic (exact) mass is 832 g/mol. The number of furan rings is 1. The molecule has 245 valence electrons. The summed E-state index contributed by atoms with van der Waals surface area (Å²) in [5, 5.41) is 3.03. The van der Waals surface area contributed by atoms with Crippen LogP contribution in [-0.2, 0) is 26.5 Å². The van der Waals surface area contributed by atoms with Gasteiger partial charge in [0.2, 0.25) is 0 Å². The first-order chi connectivity index (χ1) is 26.0. The smallest absolute Gasteiger partial charge is 0.120 e. The van der Waals surface area contributed by atoms with Crippen LogP contribution in [0.1, 0.15) is 59.9 Å². The molecule has 0 unspecified atom stereocenters. The zero-order valence-electron chi connectivity index (χ0n) is 36.5. The largest absolute Gasteiger partial charge is 0.500 e. The van der Waals surface area contributed by atoms with Crippen molar-refractivity contribution in [1.82, 2.24) is 9.97 Å². The number of rotatable bonds is 6. The van der Waals surface area contributed by atoms with Crippen LogP contribution in [0.15, 0.2) is 114 Å². The van der Waals surface area contributed by atoms with Crippen molar-refractivity contribution in [2.75, 3.05) is 0 Å². The number of benzene rings is 4. The Morgan fingerprint density at radius 3 is 2.23 bits per heavy atom. The van der Waals surface area contributed by atoms with Gasteiger partial charge in [0.15, 0.2) is 0 Å². The number of fused-ring (bicyclic) bond motifs is 3. The fraction of sp³-hybridized carbons (Fsp3) is 0.209. The van der Waals surface area contributed by atoms with Crippen molar-refractivity contribution in [2.45, 2.75) is 59.5 Å². The molecule has 0 atom stereocenters. The minimum Gasteiger partial charge on any atom is -0.500 e. The van der Waals surface area contributed by atoms with E-state index in [0.717, 1.165) is 33.2 Å². The van der Waals surface area contributed by atoms with Crippen molar-refractivity contribution >= 4 is 35.2 Å². The second-order valence-electron chi connectivity index (χ2n) is 12.7. The number of nitrogens with zero attached hydrogens (tertiary/aromatic N) is 2. The summed E-state index contributed by atoms with van der Waals surface area (Å²) in [6, 6.07) is 34.4. The SMILES string of the molecule is [2H]C([2H])([2H])c1c[c-]c(-c2cc(C([2H])(C)C)c([Si](C)(C)C)cn2)cc1.[2H]C([2H])([2H])c1cnc(-c2[c-]cc3oc4ccccc4c3c2)cc1C([2H])([2H])c1ccccc1.[Ir]. The predicted octanol–water partition coefficient (Wildman–Crippen LogP) is 10.9. The van der Waals surface area contributed by atoms with Crippen molar-refractivity contribution in [3.63, 3.8) is 0 Å². The van der Waals surface area contributed by atoms with Gasteiger partial charge in [0, 0.05) is 50.2 Å². The van der Waals surface area contributed by atoms with Crippen LogP contribution in [0.2, 0.25) is 19.6 Å². The molecule has 3 aromatic heterocycles. The zero-order valence-corrected chi connectivity index (χ0v) is 30.9. The second kappa shape index (κ2) is 14.9. The van der Waals surface area contributed by atoms with Crippen LogP contribution in [0.25, 0.3) is 44.5 Å². The van der Waals surface area contributed by atoms with Crippen LogP contribution in [-0.4, -0.2) is 18.0 Å². The van der Waals surface area contributed by atoms with Gasteiger partial charge in [-0.1, -0.05) is 112 Å². The van der Waals surface area contributed by atoms with Crippen molar-refractivity contribution < 1.29 is 36.9 Å². The molecule has 3 heterocycles. The van der Waals surface area contributed by atoms with Crippen LogP contribution in [0, 0.1) is 25.8 Å². The quantitative estimate of drug-likeness (QED) is 0.124. The first kappa shape index (κ1) is 24.9. The van der Waals surface area contributed by atoms with Crippen LogP contribution in [0.5, 0.6) is 0 Å². The van der Waals surface area contributed by atoms with Gasteiger partial charge >= 0.3 is 0 Å². The topological polar surface area (TPSA) is 38.9 Å². The van der Waals surface area contributed by atoms with Gasteiger partial charge in [-0.2, -0.15) is 0 Å². The van der Waals surface area contributed by atoms with E-state index < -0.39 is 34.0 Å². The van der Waals surface area contributed by atoms with Gasteiger partial charge in [0.05, 0.1) is 13.7 Å². The summed E-state index contributed by atoms with van der Waals surface area (Å²) in [6.07, 6.45) is 1.12. The van der Waals surface area contributed by atoms with Gasteiger partial charge in [-0.25, -0.2) is 0 Å². The third kappa shape index (κ3) is 7.93. The van der Waals surface area contributed by atoms with E-state index in [1.807, 2.05) is 56.4 Å². The molecular weight excluding hydrogens is 781 g/mol. The maximum atomic E-state index is 8.77. The Morgan fingerprint density at radius 1 is 0.792 bits per heavy atom. The molecule has 0 bridgehead atoms. The first-order valence-electron chi connectivity index (χ1n) is 20.0. The van der Waals surface area contributed by atoms with E-state index in [4.69, 9.17) is 16.8 Å². The molecule has 1 radical (unpaired) electrons. The Hall–Kier alpha value is -4.15. The van der Waals surface area contributed by atoms with E-state index in [1.54, 1.807) is 48.5 Å². The van der Waals surface area contributed by atoms with Crippen molar-refractivity contribution in [1.29, 1.82) is 0 Å². The normalized spacial score (nSPS) is 15.1. The minimum absolute atomic E-state index is 0. The molecule has 7 aromatic rings. The van der Waals surface area contributed by atoms with Gasteiger partial charge in [-0.15, -0.1) is 59.2 Å². The van der Waals surface area contributed by atoms with E-state index in [9.17, 15) is 0 Å². The van der Waals surface area contributed by atoms with Gasteiger partial charge in [-0.05, 0) is 58.5 Å². The molecule has 7 rings (SSSR count). The summed E-state index contributed by atoms with van der Waals surface area (Å²) in [5.74, 6) is -0.716. The second-order valence-corrected chi connectivity index (χ2v) is 17.7. The Labute approximate surface area is 312 Å². The van der Waals surface area contributed by atoms with E-state index in [2.05, 4.69) is 41.7 Å². The van der Waals surface area contributed by atoms with Crippen molar-refractivity contribution in [3.05, 3.63) is 149 Å². The Balaban J connectivity index is 0.000000223. The number of para-hydroxylation sites is 1. The number of hydrogen-bond acceptors (Lipinski definition) is 3. The number of hydrogen-bond donors (Lipinski definition) is 0. The molecule has 0 aliphatic rings. The van der Waals surface area contributed by atoms with Gasteiger partial charge in [-0.3, -0.25) is 0 Å². The first-order valence-corrected chi connectivity index (χ1v) is 19.0. The average Bonchev–Trinajstić information content (AvgIpc) is 3.52. The van der Waals surface area contributed by atoms with E-state index in [1.165, 1.54) is 23.5 Å². The van der Waals surface area contributed by atoms with Crippen molar-refractivity contribution in [2.24, 2.45) is 0 Å². The fourth-order valence-corrected chi connectivity index (χ4v) is 6.98. The minimum atomic E-state index is -2.50. The molecule has 0 fully saturated rings. The third-order valence-corrected chi connectivity index (χ3v) is 9.90. The molecule has 4 aromatic carbocycles.